The molecule has 1 aliphatic rings. The van der Waals surface area contributed by atoms with Gasteiger partial charge in [0.05, 0.1) is 6.04 Å². The Kier molecular flexibility index (Phi) is 3.32. The number of H-pyrrole nitrogens is 1. The van der Waals surface area contributed by atoms with Crippen LogP contribution in [0.15, 0.2) is 35.4 Å². The number of piperidine rings is 1. The Labute approximate surface area is 115 Å². The summed E-state index contributed by atoms with van der Waals surface area (Å²) in [5.74, 6) is -0.139. The summed E-state index contributed by atoms with van der Waals surface area (Å²) in [4.78, 5) is 24.9. The molecular formula is C13H15N5O2. The molecule has 20 heavy (non-hydrogen) atoms. The van der Waals surface area contributed by atoms with Crippen LogP contribution >= 0.6 is 0 Å². The molecule has 1 N–H and O–H groups in total. The Morgan fingerprint density at radius 2 is 2.10 bits per heavy atom. The molecule has 3 heterocycles. The largest absolute Gasteiger partial charge is 0.337 e. The summed E-state index contributed by atoms with van der Waals surface area (Å²) in [6.45, 7) is 1.34. The van der Waals surface area contributed by atoms with Crippen LogP contribution in [0.1, 0.15) is 29.4 Å². The van der Waals surface area contributed by atoms with Crippen molar-refractivity contribution in [3.05, 3.63) is 46.6 Å². The smallest absolute Gasteiger partial charge is 0.274 e. The number of aromatic nitrogens is 4. The highest BCUT2D eigenvalue weighted by Gasteiger charge is 2.25. The molecule has 7 nitrogen and oxygen atoms in total. The van der Waals surface area contributed by atoms with Gasteiger partial charge in [0.1, 0.15) is 5.69 Å². The lowest BCUT2D eigenvalue weighted by atomic mass is 10.0. The second-order valence-electron chi connectivity index (χ2n) is 4.82. The zero-order chi connectivity index (χ0) is 13.9. The maximum atomic E-state index is 12.2. The van der Waals surface area contributed by atoms with E-state index in [4.69, 9.17) is 0 Å². The predicted octanol–water partition coefficient (Wildman–Crippen LogP) is 0.444. The summed E-state index contributed by atoms with van der Waals surface area (Å²) >= 11 is 0. The Balaban J connectivity index is 1.64. The van der Waals surface area contributed by atoms with Gasteiger partial charge in [-0.3, -0.25) is 14.3 Å². The van der Waals surface area contributed by atoms with Crippen LogP contribution in [-0.2, 0) is 0 Å². The monoisotopic (exact) mass is 273 g/mol. The van der Waals surface area contributed by atoms with Gasteiger partial charge in [-0.1, -0.05) is 0 Å². The second kappa shape index (κ2) is 5.28. The van der Waals surface area contributed by atoms with E-state index in [1.54, 1.807) is 11.1 Å². The van der Waals surface area contributed by atoms with Crippen molar-refractivity contribution in [2.24, 2.45) is 0 Å². The molecule has 104 valence electrons. The van der Waals surface area contributed by atoms with Gasteiger partial charge < -0.3 is 4.90 Å². The predicted molar refractivity (Wildman–Crippen MR) is 71.3 cm³/mol. The van der Waals surface area contributed by atoms with Gasteiger partial charge in [0.25, 0.3) is 11.5 Å². The molecule has 0 aromatic carbocycles. The normalized spacial score (nSPS) is 16.3. The lowest BCUT2D eigenvalue weighted by Gasteiger charge is -2.31. The zero-order valence-electron chi connectivity index (χ0n) is 10.9. The van der Waals surface area contributed by atoms with E-state index in [9.17, 15) is 9.59 Å². The minimum atomic E-state index is -0.307. The first-order valence-corrected chi connectivity index (χ1v) is 6.58. The number of hydrogen-bond acceptors (Lipinski definition) is 4. The summed E-state index contributed by atoms with van der Waals surface area (Å²) in [6.07, 6.45) is 5.46. The lowest BCUT2D eigenvalue weighted by Crippen LogP contribution is -2.39. The Bertz CT molecular complexity index is 621. The van der Waals surface area contributed by atoms with Crippen molar-refractivity contribution < 1.29 is 4.79 Å². The van der Waals surface area contributed by atoms with E-state index in [2.05, 4.69) is 15.3 Å². The number of nitrogens with one attached hydrogen (secondary N) is 1. The average Bonchev–Trinajstić information content (AvgIpc) is 3.02. The van der Waals surface area contributed by atoms with Gasteiger partial charge in [-0.25, -0.2) is 5.10 Å². The highest BCUT2D eigenvalue weighted by atomic mass is 16.2. The summed E-state index contributed by atoms with van der Waals surface area (Å²) in [6, 6.07) is 5.02. The number of amides is 1. The van der Waals surface area contributed by atoms with Crippen molar-refractivity contribution in [3.8, 4) is 0 Å². The molecule has 7 heteroatoms. The number of carbonyl (C=O) groups excluding carboxylic acids is 1. The fourth-order valence-corrected chi connectivity index (χ4v) is 2.46. The number of nitrogens with zero attached hydrogens (tertiary/aromatic N) is 4. The van der Waals surface area contributed by atoms with Crippen LogP contribution in [0.2, 0.25) is 0 Å². The number of likely N-dealkylation sites (tertiary alicyclic amines) is 1. The molecular weight excluding hydrogens is 258 g/mol. The zero-order valence-corrected chi connectivity index (χ0v) is 10.9. The van der Waals surface area contributed by atoms with Gasteiger partial charge in [0, 0.05) is 31.5 Å². The summed E-state index contributed by atoms with van der Waals surface area (Å²) < 4.78 is 1.94. The minimum Gasteiger partial charge on any atom is -0.337 e. The van der Waals surface area contributed by atoms with Crippen molar-refractivity contribution in [3.63, 3.8) is 0 Å². The van der Waals surface area contributed by atoms with Gasteiger partial charge in [-0.15, -0.1) is 0 Å². The summed E-state index contributed by atoms with van der Waals surface area (Å²) in [5, 5.41) is 10.3. The Morgan fingerprint density at radius 3 is 2.70 bits per heavy atom. The highest BCUT2D eigenvalue weighted by Crippen LogP contribution is 2.22. The van der Waals surface area contributed by atoms with E-state index in [-0.39, 0.29) is 17.2 Å². The maximum Gasteiger partial charge on any atom is 0.274 e. The van der Waals surface area contributed by atoms with E-state index >= 15 is 0 Å². The van der Waals surface area contributed by atoms with Gasteiger partial charge in [0.2, 0.25) is 0 Å². The topological polar surface area (TPSA) is 83.9 Å². The number of hydrogen-bond donors (Lipinski definition) is 1. The van der Waals surface area contributed by atoms with E-state index in [0.717, 1.165) is 12.8 Å². The second-order valence-corrected chi connectivity index (χ2v) is 4.82. The van der Waals surface area contributed by atoms with E-state index in [1.165, 1.54) is 12.1 Å². The first-order valence-electron chi connectivity index (χ1n) is 6.58. The third-order valence-electron chi connectivity index (χ3n) is 3.55. The molecule has 2 aromatic heterocycles. The number of aromatic amines is 1. The van der Waals surface area contributed by atoms with Gasteiger partial charge in [-0.2, -0.15) is 10.2 Å². The van der Waals surface area contributed by atoms with Crippen molar-refractivity contribution in [2.75, 3.05) is 13.1 Å². The SMILES string of the molecule is O=C(c1ccc(=O)[nH]n1)N1CCC(n2cccn2)CC1. The first kappa shape index (κ1) is 12.6. The van der Waals surface area contributed by atoms with Crippen LogP contribution in [0.3, 0.4) is 0 Å². The lowest BCUT2D eigenvalue weighted by molar-refractivity contribution is 0.0682. The van der Waals surface area contributed by atoms with E-state index in [0.29, 0.717) is 19.1 Å². The summed E-state index contributed by atoms with van der Waals surface area (Å²) in [7, 11) is 0. The third kappa shape index (κ3) is 2.47. The molecule has 0 radical (unpaired) electrons. The molecule has 0 aliphatic carbocycles. The van der Waals surface area contributed by atoms with E-state index in [1.807, 2.05) is 16.9 Å². The molecule has 3 rings (SSSR count). The molecule has 1 aliphatic heterocycles. The van der Waals surface area contributed by atoms with Crippen LogP contribution in [0.4, 0.5) is 0 Å². The Morgan fingerprint density at radius 1 is 1.30 bits per heavy atom. The quantitative estimate of drug-likeness (QED) is 0.860. The fraction of sp³-hybridized carbons (Fsp3) is 0.385. The maximum absolute atomic E-state index is 12.2. The van der Waals surface area contributed by atoms with Gasteiger partial charge >= 0.3 is 0 Å². The number of rotatable bonds is 2. The van der Waals surface area contributed by atoms with Crippen molar-refractivity contribution in [1.29, 1.82) is 0 Å². The molecule has 1 fully saturated rings. The minimum absolute atomic E-state index is 0.139. The fourth-order valence-electron chi connectivity index (χ4n) is 2.46. The van der Waals surface area contributed by atoms with Crippen LogP contribution in [0.5, 0.6) is 0 Å². The molecule has 0 saturated carbocycles. The van der Waals surface area contributed by atoms with Crippen LogP contribution in [0.25, 0.3) is 0 Å². The Hall–Kier alpha value is -2.44. The van der Waals surface area contributed by atoms with E-state index < -0.39 is 0 Å². The highest BCUT2D eigenvalue weighted by molar-refractivity contribution is 5.92. The molecule has 1 amide bonds. The van der Waals surface area contributed by atoms with Gasteiger partial charge in [0.15, 0.2) is 0 Å². The molecule has 1 saturated heterocycles. The molecule has 0 unspecified atom stereocenters. The molecule has 0 spiro atoms. The third-order valence-corrected chi connectivity index (χ3v) is 3.55. The molecule has 2 aromatic rings. The van der Waals surface area contributed by atoms with Crippen molar-refractivity contribution in [1.82, 2.24) is 24.9 Å². The molecule has 0 bridgehead atoms. The van der Waals surface area contributed by atoms with Crippen LogP contribution in [0, 0.1) is 0 Å². The molecule has 0 atom stereocenters. The van der Waals surface area contributed by atoms with Crippen molar-refractivity contribution in [2.45, 2.75) is 18.9 Å². The standard InChI is InChI=1S/C13H15N5O2/c19-12-3-2-11(15-16-12)13(20)17-8-4-10(5-9-17)18-7-1-6-14-18/h1-3,6-7,10H,4-5,8-9H2,(H,16,19). The van der Waals surface area contributed by atoms with Crippen molar-refractivity contribution >= 4 is 5.91 Å². The summed E-state index contributed by atoms with van der Waals surface area (Å²) in [5.41, 5.74) is -0.0268. The number of carbonyl (C=O) groups is 1. The first-order chi connectivity index (χ1) is 9.74. The van der Waals surface area contributed by atoms with Gasteiger partial charge in [-0.05, 0) is 25.0 Å². The van der Waals surface area contributed by atoms with Crippen LogP contribution < -0.4 is 5.56 Å². The van der Waals surface area contributed by atoms with Crippen LogP contribution in [-0.4, -0.2) is 43.9 Å². The average molecular weight is 273 g/mol.